The summed E-state index contributed by atoms with van der Waals surface area (Å²) in [6.07, 6.45) is 45.6. The molecule has 0 aromatic rings. The van der Waals surface area contributed by atoms with E-state index in [-0.39, 0.29) is 0 Å². The Bertz CT molecular complexity index is 746. The number of hydrogen-bond acceptors (Lipinski definition) is 5. The van der Waals surface area contributed by atoms with Crippen LogP contribution in [0, 0.1) is 0 Å². The summed E-state index contributed by atoms with van der Waals surface area (Å²) in [5.74, 6) is -0.584. The van der Waals surface area contributed by atoms with Crippen LogP contribution >= 0.6 is 0 Å². The maximum Gasteiger partial charge on any atom is 0.249 e. The number of allylic oxidation sites excluding steroid dienone is 2. The lowest BCUT2D eigenvalue weighted by Gasteiger charge is -2.27. The normalized spacial score (nSPS) is 14.2. The third-order valence-corrected chi connectivity index (χ3v) is 11.0. The van der Waals surface area contributed by atoms with Gasteiger partial charge in [-0.15, -0.1) is 0 Å². The highest BCUT2D eigenvalue weighted by atomic mass is 16.3. The van der Waals surface area contributed by atoms with E-state index in [0.717, 1.165) is 38.5 Å². The molecule has 0 aromatic carbocycles. The van der Waals surface area contributed by atoms with Gasteiger partial charge in [0, 0.05) is 0 Å². The molecule has 0 spiro atoms. The van der Waals surface area contributed by atoms with Gasteiger partial charge in [0.25, 0.3) is 0 Å². The summed E-state index contributed by atoms with van der Waals surface area (Å²) in [6.45, 7) is 4.03. The van der Waals surface area contributed by atoms with Crippen molar-refractivity contribution >= 4 is 5.91 Å². The molecule has 0 saturated heterocycles. The first kappa shape index (κ1) is 51.0. The molecule has 4 atom stereocenters. The number of aliphatic hydroxyl groups excluding tert-OH is 4. The van der Waals surface area contributed by atoms with Crippen LogP contribution in [-0.2, 0) is 4.79 Å². The summed E-state index contributed by atoms with van der Waals surface area (Å²) in [6, 6.07) is -0.980. The number of hydrogen-bond donors (Lipinski definition) is 5. The quantitative estimate of drug-likeness (QED) is 0.0316. The lowest BCUT2D eigenvalue weighted by Crippen LogP contribution is -2.53. The molecule has 0 bridgehead atoms. The predicted octanol–water partition coefficient (Wildman–Crippen LogP) is 12.2. The van der Waals surface area contributed by atoms with Crippen molar-refractivity contribution < 1.29 is 25.2 Å². The summed E-state index contributed by atoms with van der Waals surface area (Å²) in [4.78, 5) is 12.5. The zero-order valence-electron chi connectivity index (χ0n) is 34.8. The molecule has 310 valence electrons. The second kappa shape index (κ2) is 41.2. The van der Waals surface area contributed by atoms with Gasteiger partial charge in [0.15, 0.2) is 0 Å². The molecule has 52 heavy (non-hydrogen) atoms. The molecule has 1 amide bonds. The van der Waals surface area contributed by atoms with Gasteiger partial charge in [0.1, 0.15) is 12.2 Å². The first-order valence-corrected chi connectivity index (χ1v) is 23.1. The molecule has 4 unspecified atom stereocenters. The van der Waals surface area contributed by atoms with E-state index >= 15 is 0 Å². The largest absolute Gasteiger partial charge is 0.394 e. The number of unbranched alkanes of at least 4 members (excludes halogenated alkanes) is 31. The Labute approximate surface area is 323 Å². The van der Waals surface area contributed by atoms with E-state index in [1.807, 2.05) is 0 Å². The Balaban J connectivity index is 3.59. The summed E-state index contributed by atoms with van der Waals surface area (Å²) >= 11 is 0. The Morgan fingerprint density at radius 3 is 1.12 bits per heavy atom. The van der Waals surface area contributed by atoms with Gasteiger partial charge in [-0.25, -0.2) is 0 Å². The zero-order chi connectivity index (χ0) is 38.2. The average Bonchev–Trinajstić information content (AvgIpc) is 3.15. The van der Waals surface area contributed by atoms with Crippen LogP contribution in [-0.4, -0.2) is 57.3 Å². The summed E-state index contributed by atoms with van der Waals surface area (Å²) in [5.41, 5.74) is 0. The Hall–Kier alpha value is -0.950. The van der Waals surface area contributed by atoms with E-state index in [9.17, 15) is 25.2 Å². The number of amides is 1. The van der Waals surface area contributed by atoms with Crippen LogP contribution in [0.5, 0.6) is 0 Å². The first-order chi connectivity index (χ1) is 25.5. The van der Waals surface area contributed by atoms with Crippen LogP contribution in [0.2, 0.25) is 0 Å². The highest BCUT2D eigenvalue weighted by Crippen LogP contribution is 2.17. The molecule has 5 N–H and O–H groups in total. The Morgan fingerprint density at radius 1 is 0.462 bits per heavy atom. The minimum absolute atomic E-state index is 0.371. The molecule has 0 saturated carbocycles. The molecule has 0 rings (SSSR count). The Morgan fingerprint density at radius 2 is 0.769 bits per heavy atom. The van der Waals surface area contributed by atoms with Crippen LogP contribution < -0.4 is 5.32 Å². The van der Waals surface area contributed by atoms with Crippen LogP contribution in [0.4, 0.5) is 0 Å². The van der Waals surface area contributed by atoms with E-state index in [1.54, 1.807) is 0 Å². The lowest BCUT2D eigenvalue weighted by atomic mass is 9.99. The van der Waals surface area contributed by atoms with Gasteiger partial charge in [-0.2, -0.15) is 0 Å². The third-order valence-electron chi connectivity index (χ3n) is 11.0. The van der Waals surface area contributed by atoms with E-state index in [4.69, 9.17) is 0 Å². The first-order valence-electron chi connectivity index (χ1n) is 23.1. The maximum atomic E-state index is 12.5. The SMILES string of the molecule is CCCCCCCCCCCCCC/C=C\CCCCCCCCCCCCCC(O)C(=O)NC(CO)C(O)C(O)CCCCCCCCCCC. The number of aliphatic hydroxyl groups is 4. The molecule has 6 nitrogen and oxygen atoms in total. The predicted molar refractivity (Wildman–Crippen MR) is 224 cm³/mol. The standard InChI is InChI=1S/C46H91NO5/c1-3-5-7-9-11-13-14-15-16-17-18-19-20-21-22-23-24-25-26-27-28-29-30-32-34-36-38-40-44(50)46(52)47-42(41-48)45(51)43(49)39-37-35-33-31-12-10-8-6-4-2/h21-22,42-45,48-51H,3-20,23-41H2,1-2H3,(H,47,52)/b22-21-. The van der Waals surface area contributed by atoms with Crippen molar-refractivity contribution in [2.24, 2.45) is 0 Å². The van der Waals surface area contributed by atoms with Crippen molar-refractivity contribution in [3.05, 3.63) is 12.2 Å². The number of nitrogens with one attached hydrogen (secondary N) is 1. The van der Waals surface area contributed by atoms with Crippen LogP contribution in [0.1, 0.15) is 245 Å². The maximum absolute atomic E-state index is 12.5. The molecule has 0 aliphatic heterocycles. The lowest BCUT2D eigenvalue weighted by molar-refractivity contribution is -0.132. The van der Waals surface area contributed by atoms with Gasteiger partial charge in [0.05, 0.1) is 18.8 Å². The average molecular weight is 738 g/mol. The molecule has 0 heterocycles. The monoisotopic (exact) mass is 738 g/mol. The minimum Gasteiger partial charge on any atom is -0.394 e. The van der Waals surface area contributed by atoms with Gasteiger partial charge in [-0.05, 0) is 38.5 Å². The fourth-order valence-electron chi connectivity index (χ4n) is 7.28. The third kappa shape index (κ3) is 34.8. The van der Waals surface area contributed by atoms with Gasteiger partial charge >= 0.3 is 0 Å². The summed E-state index contributed by atoms with van der Waals surface area (Å²) in [5, 5.41) is 43.5. The van der Waals surface area contributed by atoms with Crippen molar-refractivity contribution in [3.63, 3.8) is 0 Å². The fourth-order valence-corrected chi connectivity index (χ4v) is 7.28. The molecule has 0 aliphatic rings. The highest BCUT2D eigenvalue weighted by Gasteiger charge is 2.28. The van der Waals surface area contributed by atoms with Crippen LogP contribution in [0.25, 0.3) is 0 Å². The highest BCUT2D eigenvalue weighted by molar-refractivity contribution is 5.80. The topological polar surface area (TPSA) is 110 Å². The second-order valence-corrected chi connectivity index (χ2v) is 16.1. The molecule has 0 aliphatic carbocycles. The van der Waals surface area contributed by atoms with Gasteiger partial charge in [-0.1, -0.05) is 219 Å². The van der Waals surface area contributed by atoms with Crippen molar-refractivity contribution in [2.45, 2.75) is 269 Å². The van der Waals surface area contributed by atoms with Gasteiger partial charge in [-0.3, -0.25) is 4.79 Å². The number of carbonyl (C=O) groups excluding carboxylic acids is 1. The molecule has 0 radical (unpaired) electrons. The Kier molecular flexibility index (Phi) is 40.5. The smallest absolute Gasteiger partial charge is 0.249 e. The van der Waals surface area contributed by atoms with E-state index < -0.39 is 36.9 Å². The molecule has 0 fully saturated rings. The van der Waals surface area contributed by atoms with Crippen molar-refractivity contribution in [1.82, 2.24) is 5.32 Å². The van der Waals surface area contributed by atoms with Gasteiger partial charge in [0.2, 0.25) is 5.91 Å². The summed E-state index contributed by atoms with van der Waals surface area (Å²) in [7, 11) is 0. The van der Waals surface area contributed by atoms with Gasteiger partial charge < -0.3 is 25.7 Å². The van der Waals surface area contributed by atoms with Crippen LogP contribution in [0.15, 0.2) is 12.2 Å². The minimum atomic E-state index is -1.25. The zero-order valence-corrected chi connectivity index (χ0v) is 34.8. The number of rotatable bonds is 42. The molecular formula is C46H91NO5. The molecule has 0 aromatic heterocycles. The van der Waals surface area contributed by atoms with E-state index in [1.165, 1.54) is 180 Å². The molecular weight excluding hydrogens is 647 g/mol. The van der Waals surface area contributed by atoms with Crippen LogP contribution in [0.3, 0.4) is 0 Å². The van der Waals surface area contributed by atoms with Crippen molar-refractivity contribution in [2.75, 3.05) is 6.61 Å². The van der Waals surface area contributed by atoms with E-state index in [0.29, 0.717) is 12.8 Å². The van der Waals surface area contributed by atoms with Crippen molar-refractivity contribution in [3.8, 4) is 0 Å². The molecule has 6 heteroatoms. The van der Waals surface area contributed by atoms with Crippen molar-refractivity contribution in [1.29, 1.82) is 0 Å². The van der Waals surface area contributed by atoms with E-state index in [2.05, 4.69) is 31.3 Å². The summed E-state index contributed by atoms with van der Waals surface area (Å²) < 4.78 is 0. The number of carbonyl (C=O) groups is 1. The second-order valence-electron chi connectivity index (χ2n) is 16.1. The fraction of sp³-hybridized carbons (Fsp3) is 0.935.